The van der Waals surface area contributed by atoms with Crippen molar-refractivity contribution in [1.82, 2.24) is 0 Å². The van der Waals surface area contributed by atoms with Gasteiger partial charge in [-0.25, -0.2) is 0 Å². The highest BCUT2D eigenvalue weighted by atomic mass is 127. The van der Waals surface area contributed by atoms with Gasteiger partial charge in [-0.3, -0.25) is 14.9 Å². The number of rotatable bonds is 5. The van der Waals surface area contributed by atoms with E-state index < -0.39 is 10.7 Å². The molecule has 0 aliphatic heterocycles. The third kappa shape index (κ3) is 4.13. The zero-order valence-electron chi connectivity index (χ0n) is 12.9. The lowest BCUT2D eigenvalue weighted by Gasteiger charge is -2.07. The van der Waals surface area contributed by atoms with Gasteiger partial charge in [0.15, 0.2) is 11.5 Å². The van der Waals surface area contributed by atoms with Gasteiger partial charge in [0.25, 0.3) is 5.69 Å². The number of phenolic OH excluding ortho intramolecular Hbond substituents is 1. The number of ether oxygens (including phenoxy) is 1. The van der Waals surface area contributed by atoms with E-state index in [1.807, 2.05) is 22.6 Å². The lowest BCUT2D eigenvalue weighted by Crippen LogP contribution is -2.03. The fraction of sp³-hybridized carbons (Fsp3) is 0.0588. The molecule has 0 aliphatic carbocycles. The van der Waals surface area contributed by atoms with E-state index in [2.05, 4.69) is 0 Å². The Morgan fingerprint density at radius 2 is 2.12 bits per heavy atom. The van der Waals surface area contributed by atoms with Gasteiger partial charge in [0.05, 0.1) is 15.6 Å². The van der Waals surface area contributed by atoms with Crippen LogP contribution in [-0.2, 0) is 0 Å². The number of phenols is 1. The number of allylic oxidation sites excluding steroid dienone is 1. The summed E-state index contributed by atoms with van der Waals surface area (Å²) in [6.07, 6.45) is 1.34. The maximum absolute atomic E-state index is 12.5. The average Bonchev–Trinajstić information content (AvgIpc) is 2.61. The van der Waals surface area contributed by atoms with Gasteiger partial charge < -0.3 is 9.84 Å². The Balaban J connectivity index is 2.46. The normalized spacial score (nSPS) is 10.8. The summed E-state index contributed by atoms with van der Waals surface area (Å²) in [6, 6.07) is 10.0. The Labute approximate surface area is 156 Å². The number of nitrogens with zero attached hydrogens (tertiary/aromatic N) is 2. The number of Topliss-reactive ketones (excluding diaryl/α,β-unsaturated/α-hetero) is 1. The summed E-state index contributed by atoms with van der Waals surface area (Å²) in [7, 11) is 1.39. The molecule has 2 aromatic rings. The molecule has 2 rings (SSSR count). The van der Waals surface area contributed by atoms with Gasteiger partial charge in [0.1, 0.15) is 11.6 Å². The predicted molar refractivity (Wildman–Crippen MR) is 98.4 cm³/mol. The lowest BCUT2D eigenvalue weighted by atomic mass is 10.0. The fourth-order valence-corrected chi connectivity index (χ4v) is 2.69. The molecule has 7 nitrogen and oxygen atoms in total. The van der Waals surface area contributed by atoms with E-state index in [9.17, 15) is 25.3 Å². The zero-order valence-corrected chi connectivity index (χ0v) is 15.1. The second kappa shape index (κ2) is 7.76. The third-order valence-corrected chi connectivity index (χ3v) is 4.09. The minimum absolute atomic E-state index is 0.0382. The monoisotopic (exact) mass is 450 g/mol. The first-order valence-corrected chi connectivity index (χ1v) is 7.92. The van der Waals surface area contributed by atoms with Crippen LogP contribution < -0.4 is 4.74 Å². The molecule has 25 heavy (non-hydrogen) atoms. The maximum atomic E-state index is 12.5. The highest BCUT2D eigenvalue weighted by Crippen LogP contribution is 2.33. The second-order valence-corrected chi connectivity index (χ2v) is 6.02. The van der Waals surface area contributed by atoms with E-state index in [0.29, 0.717) is 9.13 Å². The highest BCUT2D eigenvalue weighted by Gasteiger charge is 2.16. The molecule has 0 spiro atoms. The Kier molecular flexibility index (Phi) is 5.71. The van der Waals surface area contributed by atoms with E-state index >= 15 is 0 Å². The van der Waals surface area contributed by atoms with E-state index in [1.54, 1.807) is 12.1 Å². The minimum atomic E-state index is -0.631. The molecule has 126 valence electrons. The Hall–Kier alpha value is -2.93. The van der Waals surface area contributed by atoms with Crippen molar-refractivity contribution in [1.29, 1.82) is 5.26 Å². The molecule has 2 aromatic carbocycles. The molecule has 0 amide bonds. The van der Waals surface area contributed by atoms with Crippen LogP contribution in [0.3, 0.4) is 0 Å². The number of aromatic hydroxyl groups is 1. The van der Waals surface area contributed by atoms with Crippen LogP contribution in [0.2, 0.25) is 0 Å². The van der Waals surface area contributed by atoms with E-state index in [1.165, 1.54) is 37.5 Å². The maximum Gasteiger partial charge on any atom is 0.270 e. The van der Waals surface area contributed by atoms with Crippen molar-refractivity contribution in [2.24, 2.45) is 0 Å². The standard InChI is InChI=1S/C17H11IN2O5/c1-25-15-7-10(6-14(18)17(15)22)5-12(9-19)16(21)11-3-2-4-13(8-11)20(23)24/h2-8,22H,1H3/b12-5+. The van der Waals surface area contributed by atoms with E-state index in [0.717, 1.165) is 6.07 Å². The number of nitro groups is 1. The van der Waals surface area contributed by atoms with Crippen molar-refractivity contribution >= 4 is 40.1 Å². The number of benzene rings is 2. The summed E-state index contributed by atoms with van der Waals surface area (Å²) >= 11 is 1.90. The Morgan fingerprint density at radius 3 is 2.72 bits per heavy atom. The molecule has 0 fully saturated rings. The molecular formula is C17H11IN2O5. The van der Waals surface area contributed by atoms with Crippen molar-refractivity contribution in [2.75, 3.05) is 7.11 Å². The van der Waals surface area contributed by atoms with Crippen LogP contribution in [0.25, 0.3) is 6.08 Å². The molecule has 0 aromatic heterocycles. The molecule has 0 atom stereocenters. The first kappa shape index (κ1) is 18.4. The SMILES string of the molecule is COc1cc(/C=C(\C#N)C(=O)c2cccc([N+](=O)[O-])c2)cc(I)c1O. The van der Waals surface area contributed by atoms with Gasteiger partial charge in [0.2, 0.25) is 5.78 Å². The van der Waals surface area contributed by atoms with Gasteiger partial charge in [-0.1, -0.05) is 12.1 Å². The molecule has 0 saturated carbocycles. The topological polar surface area (TPSA) is 113 Å². The Bertz CT molecular complexity index is 931. The van der Waals surface area contributed by atoms with Crippen LogP contribution in [0.15, 0.2) is 42.0 Å². The number of carbonyl (C=O) groups excluding carboxylic acids is 1. The number of halogens is 1. The van der Waals surface area contributed by atoms with Crippen molar-refractivity contribution in [2.45, 2.75) is 0 Å². The quantitative estimate of drug-likeness (QED) is 0.186. The van der Waals surface area contributed by atoms with Crippen molar-refractivity contribution < 1.29 is 19.6 Å². The summed E-state index contributed by atoms with van der Waals surface area (Å²) < 4.78 is 5.53. The van der Waals surface area contributed by atoms with Crippen LogP contribution in [0.5, 0.6) is 11.5 Å². The first-order valence-electron chi connectivity index (χ1n) is 6.84. The molecule has 1 N–H and O–H groups in total. The average molecular weight is 450 g/mol. The van der Waals surface area contributed by atoms with Crippen LogP contribution in [0.4, 0.5) is 5.69 Å². The lowest BCUT2D eigenvalue weighted by molar-refractivity contribution is -0.384. The summed E-state index contributed by atoms with van der Waals surface area (Å²) in [4.78, 5) is 22.7. The largest absolute Gasteiger partial charge is 0.504 e. The third-order valence-electron chi connectivity index (χ3n) is 3.27. The molecular weight excluding hydrogens is 439 g/mol. The summed E-state index contributed by atoms with van der Waals surface area (Å²) in [5, 5.41) is 29.9. The number of nitriles is 1. The molecule has 0 bridgehead atoms. The number of hydrogen-bond donors (Lipinski definition) is 1. The zero-order chi connectivity index (χ0) is 18.6. The Morgan fingerprint density at radius 1 is 1.40 bits per heavy atom. The summed E-state index contributed by atoms with van der Waals surface area (Å²) in [5.74, 6) is -0.463. The number of nitro benzene ring substituents is 1. The summed E-state index contributed by atoms with van der Waals surface area (Å²) in [5.41, 5.74) is 0.102. The molecule has 0 heterocycles. The predicted octanol–water partition coefficient (Wildman–Crippen LogP) is 3.70. The van der Waals surface area contributed by atoms with Gasteiger partial charge >= 0.3 is 0 Å². The summed E-state index contributed by atoms with van der Waals surface area (Å²) in [6.45, 7) is 0. The minimum Gasteiger partial charge on any atom is -0.504 e. The van der Waals surface area contributed by atoms with E-state index in [4.69, 9.17) is 4.74 Å². The van der Waals surface area contributed by atoms with Crippen LogP contribution in [0.1, 0.15) is 15.9 Å². The molecule has 0 unspecified atom stereocenters. The molecule has 0 radical (unpaired) electrons. The van der Waals surface area contributed by atoms with Crippen LogP contribution in [-0.4, -0.2) is 22.9 Å². The number of ketones is 1. The molecule has 8 heteroatoms. The van der Waals surface area contributed by atoms with Crippen LogP contribution in [0, 0.1) is 25.0 Å². The van der Waals surface area contributed by atoms with Crippen molar-refractivity contribution in [3.8, 4) is 17.6 Å². The molecule has 0 aliphatic rings. The van der Waals surface area contributed by atoms with Crippen LogP contribution >= 0.6 is 22.6 Å². The molecule has 0 saturated heterocycles. The number of carbonyl (C=O) groups is 1. The van der Waals surface area contributed by atoms with E-state index in [-0.39, 0.29) is 28.3 Å². The van der Waals surface area contributed by atoms with Crippen molar-refractivity contribution in [3.05, 3.63) is 66.8 Å². The van der Waals surface area contributed by atoms with Gasteiger partial charge in [-0.15, -0.1) is 0 Å². The second-order valence-electron chi connectivity index (χ2n) is 4.86. The van der Waals surface area contributed by atoms with Crippen molar-refractivity contribution in [3.63, 3.8) is 0 Å². The van der Waals surface area contributed by atoms with Gasteiger partial charge in [-0.2, -0.15) is 5.26 Å². The number of non-ortho nitro benzene ring substituents is 1. The number of hydrogen-bond acceptors (Lipinski definition) is 6. The smallest absolute Gasteiger partial charge is 0.270 e. The highest BCUT2D eigenvalue weighted by molar-refractivity contribution is 14.1. The number of methoxy groups -OCH3 is 1. The van der Waals surface area contributed by atoms with Gasteiger partial charge in [-0.05, 0) is 46.4 Å². The first-order chi connectivity index (χ1) is 11.9. The fourth-order valence-electron chi connectivity index (χ4n) is 2.06. The van der Waals surface area contributed by atoms with Gasteiger partial charge in [0, 0.05) is 17.7 Å².